The first-order valence-corrected chi connectivity index (χ1v) is 6.76. The fourth-order valence-electron chi connectivity index (χ4n) is 1.40. The van der Waals surface area contributed by atoms with Crippen molar-refractivity contribution in [2.75, 3.05) is 0 Å². The Morgan fingerprint density at radius 1 is 1.00 bits per heavy atom. The van der Waals surface area contributed by atoms with Crippen LogP contribution >= 0.6 is 0 Å². The van der Waals surface area contributed by atoms with Crippen molar-refractivity contribution in [2.24, 2.45) is 0 Å². The number of hydrogen-bond acceptors (Lipinski definition) is 7. The second kappa shape index (κ2) is 14.2. The van der Waals surface area contributed by atoms with Gasteiger partial charge in [0.15, 0.2) is 0 Å². The number of carbonyl (C=O) groups excluding carboxylic acids is 2. The fraction of sp³-hybridized carbons (Fsp3) is 0.333. The first kappa shape index (κ1) is 26.2. The first-order chi connectivity index (χ1) is 12.1. The van der Waals surface area contributed by atoms with Gasteiger partial charge in [-0.15, -0.1) is 0 Å². The van der Waals surface area contributed by atoms with Crippen LogP contribution in [0.5, 0.6) is 0 Å². The van der Waals surface area contributed by atoms with E-state index < -0.39 is 29.1 Å². The Kier molecular flexibility index (Phi) is 13.8. The number of carbonyl (C=O) groups is 2. The second-order valence-corrected chi connectivity index (χ2v) is 4.56. The zero-order valence-electron chi connectivity index (χ0n) is 13.6. The van der Waals surface area contributed by atoms with Crippen LogP contribution in [0.3, 0.4) is 0 Å². The molecule has 0 fully saturated rings. The molecule has 2 atom stereocenters. The van der Waals surface area contributed by atoms with Crippen LogP contribution in [-0.2, 0) is 39.8 Å². The van der Waals surface area contributed by atoms with Crippen molar-refractivity contribution in [3.8, 4) is 0 Å². The van der Waals surface area contributed by atoms with Gasteiger partial charge >= 0.3 is 22.4 Å². The molecule has 0 amide bonds. The van der Waals surface area contributed by atoms with E-state index in [-0.39, 0.29) is 30.2 Å². The zero-order chi connectivity index (χ0) is 20.1. The average Bonchev–Trinajstić information content (AvgIpc) is 3.20. The molecule has 0 saturated heterocycles. The van der Waals surface area contributed by atoms with Crippen molar-refractivity contribution in [2.45, 2.75) is 24.9 Å². The number of rotatable bonds is 6. The van der Waals surface area contributed by atoms with E-state index in [0.717, 1.165) is 0 Å². The SMILES string of the molecule is O=[N+](O)O.[Cr+5].[NH-]C(Cc1cnc[nH]1)C(=O)[O-].[NH-]C(Cc1cnc[nH]1)C(=O)[O-]. The molecule has 1 radical (unpaired) electrons. The summed E-state index contributed by atoms with van der Waals surface area (Å²) in [5.74, 6) is -2.72. The Balaban J connectivity index is 0. The minimum Gasteiger partial charge on any atom is -0.670 e. The predicted molar refractivity (Wildman–Crippen MR) is 78.0 cm³/mol. The number of imidazole rings is 2. The predicted octanol–water partition coefficient (Wildman–Crippen LogP) is -2.21. The minimum atomic E-state index is -1.36. The van der Waals surface area contributed by atoms with Crippen LogP contribution in [0.1, 0.15) is 11.4 Å². The van der Waals surface area contributed by atoms with Gasteiger partial charge in [0.05, 0.1) is 12.7 Å². The van der Waals surface area contributed by atoms with E-state index in [9.17, 15) is 19.8 Å². The van der Waals surface area contributed by atoms with Gasteiger partial charge in [-0.05, 0) is 12.8 Å². The molecule has 0 aliphatic carbocycles. The van der Waals surface area contributed by atoms with E-state index in [1.807, 2.05) is 0 Å². The molecule has 27 heavy (non-hydrogen) atoms. The third-order valence-electron chi connectivity index (χ3n) is 2.53. The Morgan fingerprint density at radius 2 is 1.30 bits per heavy atom. The molecule has 0 bridgehead atoms. The summed E-state index contributed by atoms with van der Waals surface area (Å²) in [6.45, 7) is 0. The molecule has 2 heterocycles. The number of H-pyrrole nitrogens is 2. The maximum absolute atomic E-state index is 10.1. The number of aliphatic carboxylic acids is 2. The van der Waals surface area contributed by atoms with Gasteiger partial charge in [-0.3, -0.25) is 0 Å². The van der Waals surface area contributed by atoms with Crippen LogP contribution < -0.4 is 10.2 Å². The number of aromatic nitrogens is 4. The summed E-state index contributed by atoms with van der Waals surface area (Å²) in [6.07, 6.45) is 6.09. The Morgan fingerprint density at radius 3 is 1.48 bits per heavy atom. The Labute approximate surface area is 162 Å². The molecular formula is C12H16CrN7O7+2. The van der Waals surface area contributed by atoms with E-state index in [0.29, 0.717) is 11.4 Å². The fourth-order valence-corrected chi connectivity index (χ4v) is 1.40. The van der Waals surface area contributed by atoms with Gasteiger partial charge in [0.1, 0.15) is 4.91 Å². The largest absolute Gasteiger partial charge is 5.00 e. The molecule has 2 unspecified atom stereocenters. The molecule has 145 valence electrons. The van der Waals surface area contributed by atoms with Crippen LogP contribution in [0.15, 0.2) is 25.0 Å². The summed E-state index contributed by atoms with van der Waals surface area (Å²) in [4.78, 5) is 41.4. The normalized spacial score (nSPS) is 11.3. The summed E-state index contributed by atoms with van der Waals surface area (Å²) in [5, 5.41) is 32.7. The number of carboxylic acids is 2. The molecule has 0 aliphatic heterocycles. The molecule has 14 nitrogen and oxygen atoms in total. The summed E-state index contributed by atoms with van der Waals surface area (Å²) in [6, 6.07) is -2.43. The topological polar surface area (TPSA) is 246 Å². The zero-order valence-corrected chi connectivity index (χ0v) is 14.8. The molecule has 0 saturated carbocycles. The van der Waals surface area contributed by atoms with Gasteiger partial charge in [-0.25, -0.2) is 20.4 Å². The third kappa shape index (κ3) is 13.9. The van der Waals surface area contributed by atoms with Crippen LogP contribution in [0.25, 0.3) is 11.5 Å². The van der Waals surface area contributed by atoms with E-state index in [2.05, 4.69) is 19.9 Å². The number of carboxylic acid groups (broad SMARTS) is 2. The van der Waals surface area contributed by atoms with Crippen LogP contribution in [0.2, 0.25) is 0 Å². The maximum Gasteiger partial charge on any atom is 5.00 e. The second-order valence-electron chi connectivity index (χ2n) is 4.56. The van der Waals surface area contributed by atoms with Crippen LogP contribution in [0.4, 0.5) is 0 Å². The molecule has 0 aliphatic rings. The van der Waals surface area contributed by atoms with Crippen LogP contribution in [0, 0.1) is 4.91 Å². The molecule has 0 spiro atoms. The molecule has 6 N–H and O–H groups in total. The quantitative estimate of drug-likeness (QED) is 0.368. The van der Waals surface area contributed by atoms with Gasteiger partial charge in [0.25, 0.3) is 0 Å². The Hall–Kier alpha value is -2.99. The van der Waals surface area contributed by atoms with E-state index in [4.69, 9.17) is 26.8 Å². The average molecular weight is 422 g/mol. The van der Waals surface area contributed by atoms with Gasteiger partial charge in [-0.2, -0.15) is 0 Å². The smallest absolute Gasteiger partial charge is 0.670 e. The summed E-state index contributed by atoms with van der Waals surface area (Å²) in [7, 11) is 0. The molecule has 2 aromatic rings. The van der Waals surface area contributed by atoms with Crippen molar-refractivity contribution >= 4 is 11.9 Å². The first-order valence-electron chi connectivity index (χ1n) is 6.76. The van der Waals surface area contributed by atoms with Gasteiger partial charge in [-0.1, -0.05) is 12.1 Å². The van der Waals surface area contributed by atoms with Crippen molar-refractivity contribution in [1.29, 1.82) is 0 Å². The van der Waals surface area contributed by atoms with Crippen molar-refractivity contribution in [3.63, 3.8) is 0 Å². The Bertz CT molecular complexity index is 609. The molecule has 15 heteroatoms. The van der Waals surface area contributed by atoms with E-state index in [1.54, 1.807) is 0 Å². The van der Waals surface area contributed by atoms with Crippen molar-refractivity contribution in [3.05, 3.63) is 52.8 Å². The molecule has 0 aromatic carbocycles. The standard InChI is InChI=1S/2C6H8N3O2.Cr.H2NO3/c2*7-5(6(10)11)1-4-2-8-3-9-4;;2-1(3)4/h2*2-3,5,7H,1H2,(H,8,9)(H,10,11);;(H2,2,3,4)/q2*-1;+5;+1/p-2. The monoisotopic (exact) mass is 422 g/mol. The van der Waals surface area contributed by atoms with E-state index in [1.165, 1.54) is 25.0 Å². The van der Waals surface area contributed by atoms with Crippen molar-refractivity contribution in [1.82, 2.24) is 19.9 Å². The molecule has 2 rings (SSSR count). The maximum atomic E-state index is 10.1. The van der Waals surface area contributed by atoms with E-state index >= 15 is 0 Å². The molecule has 2 aromatic heterocycles. The van der Waals surface area contributed by atoms with Gasteiger partial charge in [0, 0.05) is 35.7 Å². The van der Waals surface area contributed by atoms with Gasteiger partial charge < -0.3 is 41.2 Å². The summed E-state index contributed by atoms with van der Waals surface area (Å²) in [5.41, 5.74) is 15.3. The number of nitrogens with zero attached hydrogens (tertiary/aromatic N) is 3. The third-order valence-corrected chi connectivity index (χ3v) is 2.53. The van der Waals surface area contributed by atoms with Crippen LogP contribution in [-0.4, -0.2) is 59.5 Å². The number of aromatic amines is 2. The summed E-state index contributed by atoms with van der Waals surface area (Å²) >= 11 is 0. The number of nitrogens with one attached hydrogen (secondary N) is 4. The number of hydrogen-bond donors (Lipinski definition) is 4. The van der Waals surface area contributed by atoms with Crippen molar-refractivity contribution < 1.29 is 52.7 Å². The summed E-state index contributed by atoms with van der Waals surface area (Å²) < 4.78 is 0. The molecular weight excluding hydrogens is 406 g/mol. The van der Waals surface area contributed by atoms with Gasteiger partial charge in [0.2, 0.25) is 0 Å². The minimum absolute atomic E-state index is 0.